The van der Waals surface area contributed by atoms with Crippen molar-refractivity contribution in [2.75, 3.05) is 19.0 Å². The van der Waals surface area contributed by atoms with E-state index in [0.29, 0.717) is 5.56 Å². The topological polar surface area (TPSA) is 72.0 Å². The number of hydrogen-bond acceptors (Lipinski definition) is 5. The fourth-order valence-corrected chi connectivity index (χ4v) is 1.91. The van der Waals surface area contributed by atoms with Gasteiger partial charge in [0.25, 0.3) is 5.91 Å². The second kappa shape index (κ2) is 9.21. The third-order valence-electron chi connectivity index (χ3n) is 3.03. The maximum atomic E-state index is 12.3. The average molecular weight is 349 g/mol. The first-order chi connectivity index (χ1) is 12.1. The van der Waals surface area contributed by atoms with Gasteiger partial charge in [0, 0.05) is 5.69 Å². The number of benzene rings is 2. The predicted molar refractivity (Wildman–Crippen MR) is 90.3 cm³/mol. The average Bonchev–Trinajstić information content (AvgIpc) is 2.61. The first kappa shape index (κ1) is 18.2. The van der Waals surface area contributed by atoms with Crippen molar-refractivity contribution in [3.63, 3.8) is 0 Å². The number of methoxy groups -OCH3 is 1. The molecule has 2 N–H and O–H groups in total. The summed E-state index contributed by atoms with van der Waals surface area (Å²) in [6.45, 7) is -2.88. The van der Waals surface area contributed by atoms with Gasteiger partial charge in [-0.1, -0.05) is 18.2 Å². The highest BCUT2D eigenvalue weighted by atomic mass is 19.3. The summed E-state index contributed by atoms with van der Waals surface area (Å²) < 4.78 is 33.8. The minimum absolute atomic E-state index is 0.0613. The Morgan fingerprint density at radius 1 is 1.20 bits per heavy atom. The Hall–Kier alpha value is -3.16. The van der Waals surface area contributed by atoms with Crippen molar-refractivity contribution in [3.05, 3.63) is 54.1 Å². The molecule has 0 heterocycles. The van der Waals surface area contributed by atoms with Crippen molar-refractivity contribution < 1.29 is 23.0 Å². The molecule has 0 radical (unpaired) electrons. The SMILES string of the molecule is COc1cc(/C=N/NC(=O)CNc2ccccc2)ccc1OC(F)F. The van der Waals surface area contributed by atoms with Crippen LogP contribution >= 0.6 is 0 Å². The van der Waals surface area contributed by atoms with Crippen LogP contribution in [-0.4, -0.2) is 32.4 Å². The van der Waals surface area contributed by atoms with E-state index in [9.17, 15) is 13.6 Å². The highest BCUT2D eigenvalue weighted by molar-refractivity contribution is 5.84. The zero-order valence-electron chi connectivity index (χ0n) is 13.4. The molecule has 0 aromatic heterocycles. The Kier molecular flexibility index (Phi) is 6.70. The van der Waals surface area contributed by atoms with Gasteiger partial charge >= 0.3 is 6.61 Å². The van der Waals surface area contributed by atoms with E-state index in [1.165, 1.54) is 31.5 Å². The maximum Gasteiger partial charge on any atom is 0.387 e. The van der Waals surface area contributed by atoms with Crippen LogP contribution in [-0.2, 0) is 4.79 Å². The van der Waals surface area contributed by atoms with Crippen LogP contribution in [0.3, 0.4) is 0 Å². The van der Waals surface area contributed by atoms with Gasteiger partial charge < -0.3 is 14.8 Å². The molecule has 132 valence electrons. The number of anilines is 1. The summed E-state index contributed by atoms with van der Waals surface area (Å²) in [6.07, 6.45) is 1.37. The number of ether oxygens (including phenoxy) is 2. The van der Waals surface area contributed by atoms with Crippen LogP contribution in [0.5, 0.6) is 11.5 Å². The molecule has 2 aromatic carbocycles. The van der Waals surface area contributed by atoms with E-state index in [-0.39, 0.29) is 24.0 Å². The van der Waals surface area contributed by atoms with Crippen LogP contribution in [0.15, 0.2) is 53.6 Å². The lowest BCUT2D eigenvalue weighted by Gasteiger charge is -2.10. The molecule has 2 rings (SSSR count). The van der Waals surface area contributed by atoms with E-state index in [1.807, 2.05) is 30.3 Å². The molecule has 0 aliphatic carbocycles. The normalized spacial score (nSPS) is 10.7. The summed E-state index contributed by atoms with van der Waals surface area (Å²) >= 11 is 0. The first-order valence-corrected chi connectivity index (χ1v) is 7.32. The Morgan fingerprint density at radius 3 is 2.64 bits per heavy atom. The standard InChI is InChI=1S/C17H17F2N3O3/c1-24-15-9-12(7-8-14(15)25-17(18)19)10-21-22-16(23)11-20-13-5-3-2-4-6-13/h2-10,17,20H,11H2,1H3,(H,22,23)/b21-10+. The molecule has 0 aliphatic rings. The third-order valence-corrected chi connectivity index (χ3v) is 3.03. The number of alkyl halides is 2. The molecule has 6 nitrogen and oxygen atoms in total. The van der Waals surface area contributed by atoms with Crippen LogP contribution in [0.4, 0.5) is 14.5 Å². The molecule has 1 amide bonds. The third kappa shape index (κ3) is 6.09. The van der Waals surface area contributed by atoms with Crippen molar-refractivity contribution in [3.8, 4) is 11.5 Å². The zero-order chi connectivity index (χ0) is 18.1. The second-order valence-electron chi connectivity index (χ2n) is 4.80. The monoisotopic (exact) mass is 349 g/mol. The predicted octanol–water partition coefficient (Wildman–Crippen LogP) is 2.86. The van der Waals surface area contributed by atoms with Crippen LogP contribution in [0.25, 0.3) is 0 Å². The lowest BCUT2D eigenvalue weighted by atomic mass is 10.2. The van der Waals surface area contributed by atoms with E-state index in [4.69, 9.17) is 4.74 Å². The number of carbonyl (C=O) groups excluding carboxylic acids is 1. The van der Waals surface area contributed by atoms with Gasteiger partial charge in [0.15, 0.2) is 11.5 Å². The van der Waals surface area contributed by atoms with Gasteiger partial charge in [-0.25, -0.2) is 5.43 Å². The number of amides is 1. The number of nitrogens with zero attached hydrogens (tertiary/aromatic N) is 1. The molecule has 0 saturated carbocycles. The quantitative estimate of drug-likeness (QED) is 0.568. The first-order valence-electron chi connectivity index (χ1n) is 7.32. The molecule has 2 aromatic rings. The van der Waals surface area contributed by atoms with Gasteiger partial charge in [-0.3, -0.25) is 4.79 Å². The fraction of sp³-hybridized carbons (Fsp3) is 0.176. The van der Waals surface area contributed by atoms with Gasteiger partial charge in [0.1, 0.15) is 0 Å². The highest BCUT2D eigenvalue weighted by Crippen LogP contribution is 2.28. The van der Waals surface area contributed by atoms with Crippen molar-refractivity contribution in [1.82, 2.24) is 5.43 Å². The van der Waals surface area contributed by atoms with E-state index in [0.717, 1.165) is 5.69 Å². The number of hydrazone groups is 1. The van der Waals surface area contributed by atoms with E-state index >= 15 is 0 Å². The molecular weight excluding hydrogens is 332 g/mol. The van der Waals surface area contributed by atoms with E-state index in [1.54, 1.807) is 0 Å². The zero-order valence-corrected chi connectivity index (χ0v) is 13.4. The summed E-state index contributed by atoms with van der Waals surface area (Å²) in [5.74, 6) is -0.267. The molecule has 0 aliphatic heterocycles. The van der Waals surface area contributed by atoms with Crippen molar-refractivity contribution in [2.45, 2.75) is 6.61 Å². The molecule has 0 spiro atoms. The van der Waals surface area contributed by atoms with Crippen molar-refractivity contribution in [1.29, 1.82) is 0 Å². The second-order valence-corrected chi connectivity index (χ2v) is 4.80. The summed E-state index contributed by atoms with van der Waals surface area (Å²) in [4.78, 5) is 11.7. The van der Waals surface area contributed by atoms with Crippen molar-refractivity contribution in [2.24, 2.45) is 5.10 Å². The van der Waals surface area contributed by atoms with E-state index in [2.05, 4.69) is 20.6 Å². The Morgan fingerprint density at radius 2 is 1.96 bits per heavy atom. The van der Waals surface area contributed by atoms with Crippen LogP contribution in [0.2, 0.25) is 0 Å². The summed E-state index contributed by atoms with van der Waals surface area (Å²) in [7, 11) is 1.34. The number of para-hydroxylation sites is 1. The van der Waals surface area contributed by atoms with Crippen LogP contribution in [0, 0.1) is 0 Å². The lowest BCUT2D eigenvalue weighted by Crippen LogP contribution is -2.25. The number of halogens is 2. The molecule has 25 heavy (non-hydrogen) atoms. The highest BCUT2D eigenvalue weighted by Gasteiger charge is 2.10. The van der Waals surface area contributed by atoms with Crippen LogP contribution < -0.4 is 20.2 Å². The lowest BCUT2D eigenvalue weighted by molar-refractivity contribution is -0.119. The van der Waals surface area contributed by atoms with Gasteiger partial charge in [0.2, 0.25) is 0 Å². The molecule has 0 bridgehead atoms. The van der Waals surface area contributed by atoms with Crippen molar-refractivity contribution >= 4 is 17.8 Å². The number of nitrogens with one attached hydrogen (secondary N) is 2. The van der Waals surface area contributed by atoms with E-state index < -0.39 is 6.61 Å². The fourth-order valence-electron chi connectivity index (χ4n) is 1.91. The molecule has 0 unspecified atom stereocenters. The summed E-state index contributed by atoms with van der Waals surface area (Å²) in [6, 6.07) is 13.6. The van der Waals surface area contributed by atoms with Gasteiger partial charge in [-0.05, 0) is 35.9 Å². The Labute approximate surface area is 143 Å². The Balaban J connectivity index is 1.87. The number of carbonyl (C=O) groups is 1. The molecular formula is C17H17F2N3O3. The maximum absolute atomic E-state index is 12.3. The number of hydrogen-bond donors (Lipinski definition) is 2. The number of rotatable bonds is 8. The van der Waals surface area contributed by atoms with Gasteiger partial charge in [0.05, 0.1) is 19.9 Å². The summed E-state index contributed by atoms with van der Waals surface area (Å²) in [5, 5.41) is 6.75. The minimum Gasteiger partial charge on any atom is -0.493 e. The van der Waals surface area contributed by atoms with Crippen LogP contribution in [0.1, 0.15) is 5.56 Å². The minimum atomic E-state index is -2.94. The van der Waals surface area contributed by atoms with Gasteiger partial charge in [-0.15, -0.1) is 0 Å². The molecule has 8 heteroatoms. The molecule has 0 atom stereocenters. The smallest absolute Gasteiger partial charge is 0.387 e. The summed E-state index contributed by atoms with van der Waals surface area (Å²) in [5.41, 5.74) is 3.73. The molecule has 0 fully saturated rings. The largest absolute Gasteiger partial charge is 0.493 e. The van der Waals surface area contributed by atoms with Gasteiger partial charge in [-0.2, -0.15) is 13.9 Å². The Bertz CT molecular complexity index is 724. The molecule has 0 saturated heterocycles.